The summed E-state index contributed by atoms with van der Waals surface area (Å²) >= 11 is 6.07. The summed E-state index contributed by atoms with van der Waals surface area (Å²) in [6, 6.07) is 6.37. The smallest absolute Gasteiger partial charge is 0.313 e. The Labute approximate surface area is 158 Å². The lowest BCUT2D eigenvalue weighted by atomic mass is 10.1. The van der Waals surface area contributed by atoms with Gasteiger partial charge in [-0.25, -0.2) is 4.39 Å². The number of hydrogen-bond donors (Lipinski definition) is 0. The van der Waals surface area contributed by atoms with Crippen molar-refractivity contribution in [2.24, 2.45) is 0 Å². The third-order valence-corrected chi connectivity index (χ3v) is 4.99. The van der Waals surface area contributed by atoms with Crippen LogP contribution in [-0.2, 0) is 0 Å². The number of methoxy groups -OCH3 is 1. The molecule has 0 aromatic heterocycles. The number of anilines is 1. The first-order valence-corrected chi connectivity index (χ1v) is 8.54. The van der Waals surface area contributed by atoms with Crippen molar-refractivity contribution in [2.75, 3.05) is 18.6 Å². The second-order valence-corrected chi connectivity index (χ2v) is 6.96. The van der Waals surface area contributed by atoms with Gasteiger partial charge in [-0.15, -0.1) is 0 Å². The first kappa shape index (κ1) is 17.5. The number of hydrogen-bond acceptors (Lipinski definition) is 5. The molecule has 4 rings (SSSR count). The summed E-state index contributed by atoms with van der Waals surface area (Å²) in [6.45, 7) is 0.236. The molecule has 9 heteroatoms. The number of nitro benzene ring substituents is 1. The fourth-order valence-corrected chi connectivity index (χ4v) is 3.49. The lowest BCUT2D eigenvalue weighted by Crippen LogP contribution is -2.45. The molecule has 7 nitrogen and oxygen atoms in total. The molecule has 1 aliphatic heterocycles. The average Bonchev–Trinajstić information content (AvgIpc) is 3.38. The van der Waals surface area contributed by atoms with Crippen molar-refractivity contribution in [1.82, 2.24) is 0 Å². The van der Waals surface area contributed by atoms with Crippen LogP contribution in [-0.4, -0.2) is 30.1 Å². The summed E-state index contributed by atoms with van der Waals surface area (Å²) in [6.07, 6.45) is 1.55. The van der Waals surface area contributed by atoms with E-state index < -0.39 is 27.9 Å². The lowest BCUT2D eigenvalue weighted by Gasteiger charge is -2.35. The topological polar surface area (TPSA) is 81.9 Å². The summed E-state index contributed by atoms with van der Waals surface area (Å²) in [5.41, 5.74) is -0.599. The molecule has 1 spiro atoms. The fourth-order valence-electron chi connectivity index (χ4n) is 3.20. The first-order valence-electron chi connectivity index (χ1n) is 8.16. The number of carbonyl (C=O) groups excluding carboxylic acids is 1. The van der Waals surface area contributed by atoms with Gasteiger partial charge in [-0.2, -0.15) is 0 Å². The molecule has 0 saturated heterocycles. The van der Waals surface area contributed by atoms with Gasteiger partial charge in [0.15, 0.2) is 0 Å². The maximum Gasteiger partial charge on any atom is 0.313 e. The standard InChI is InChI=1S/C18H14ClFN2O5/c1-26-16-12(19)6-10(7-14(16)22(24)25)17(23)21-9-18(4-5-18)27-15-3-2-11(20)8-13(15)21/h2-3,6-8H,4-5,9H2,1H3. The number of halogens is 2. The van der Waals surface area contributed by atoms with Crippen molar-refractivity contribution in [3.05, 3.63) is 56.8 Å². The SMILES string of the molecule is COc1c(Cl)cc(C(=O)N2CC3(CC3)Oc3ccc(F)cc32)cc1[N+](=O)[O-]. The summed E-state index contributed by atoms with van der Waals surface area (Å²) in [7, 11) is 1.26. The zero-order valence-electron chi connectivity index (χ0n) is 14.2. The zero-order valence-corrected chi connectivity index (χ0v) is 15.0. The van der Waals surface area contributed by atoms with E-state index >= 15 is 0 Å². The van der Waals surface area contributed by atoms with Gasteiger partial charge in [0.2, 0.25) is 5.75 Å². The number of benzene rings is 2. The second kappa shape index (κ2) is 6.09. The average molecular weight is 393 g/mol. The number of amides is 1. The Hall–Kier alpha value is -2.87. The number of rotatable bonds is 3. The largest absolute Gasteiger partial charge is 0.489 e. The van der Waals surface area contributed by atoms with Crippen molar-refractivity contribution < 1.29 is 23.6 Å². The summed E-state index contributed by atoms with van der Waals surface area (Å²) in [5.74, 6) is -0.752. The van der Waals surface area contributed by atoms with Crippen LogP contribution in [0.25, 0.3) is 0 Å². The van der Waals surface area contributed by atoms with E-state index in [-0.39, 0.29) is 28.6 Å². The van der Waals surface area contributed by atoms with E-state index in [9.17, 15) is 19.3 Å². The van der Waals surface area contributed by atoms with Crippen LogP contribution in [0.1, 0.15) is 23.2 Å². The van der Waals surface area contributed by atoms with Gasteiger partial charge in [0.25, 0.3) is 5.91 Å². The molecule has 140 valence electrons. The number of carbonyl (C=O) groups is 1. The third-order valence-electron chi connectivity index (χ3n) is 4.71. The maximum absolute atomic E-state index is 13.8. The molecule has 0 unspecified atom stereocenters. The van der Waals surface area contributed by atoms with Gasteiger partial charge < -0.3 is 14.4 Å². The van der Waals surface area contributed by atoms with Crippen LogP contribution in [0.2, 0.25) is 5.02 Å². The molecule has 0 radical (unpaired) electrons. The van der Waals surface area contributed by atoms with E-state index in [2.05, 4.69) is 0 Å². The molecule has 0 bridgehead atoms. The van der Waals surface area contributed by atoms with Gasteiger partial charge in [0.05, 0.1) is 29.3 Å². The number of nitrogens with zero attached hydrogens (tertiary/aromatic N) is 2. The fraction of sp³-hybridized carbons (Fsp3) is 0.278. The number of nitro groups is 1. The highest BCUT2D eigenvalue weighted by Gasteiger charge is 2.51. The van der Waals surface area contributed by atoms with Crippen LogP contribution < -0.4 is 14.4 Å². The quantitative estimate of drug-likeness (QED) is 0.583. The molecule has 2 aliphatic rings. The van der Waals surface area contributed by atoms with Crippen molar-refractivity contribution in [3.8, 4) is 11.5 Å². The molecule has 1 amide bonds. The van der Waals surface area contributed by atoms with E-state index in [1.807, 2.05) is 0 Å². The second-order valence-electron chi connectivity index (χ2n) is 6.56. The van der Waals surface area contributed by atoms with E-state index in [1.54, 1.807) is 0 Å². The van der Waals surface area contributed by atoms with Gasteiger partial charge >= 0.3 is 5.69 Å². The molecule has 1 saturated carbocycles. The molecule has 1 aliphatic carbocycles. The van der Waals surface area contributed by atoms with Gasteiger partial charge in [-0.05, 0) is 31.0 Å². The Kier molecular flexibility index (Phi) is 3.96. The summed E-state index contributed by atoms with van der Waals surface area (Å²) in [4.78, 5) is 25.2. The van der Waals surface area contributed by atoms with Crippen LogP contribution in [0.3, 0.4) is 0 Å². The molecule has 0 N–H and O–H groups in total. The monoisotopic (exact) mass is 392 g/mol. The van der Waals surface area contributed by atoms with E-state index in [1.165, 1.54) is 36.3 Å². The minimum Gasteiger partial charge on any atom is -0.489 e. The summed E-state index contributed by atoms with van der Waals surface area (Å²) in [5, 5.41) is 11.3. The van der Waals surface area contributed by atoms with E-state index in [4.69, 9.17) is 21.1 Å². The van der Waals surface area contributed by atoms with Gasteiger partial charge in [0, 0.05) is 17.7 Å². The van der Waals surface area contributed by atoms with Crippen molar-refractivity contribution >= 4 is 28.9 Å². The highest BCUT2D eigenvalue weighted by atomic mass is 35.5. The molecular weight excluding hydrogens is 379 g/mol. The third kappa shape index (κ3) is 2.95. The van der Waals surface area contributed by atoms with Crippen LogP contribution in [0.5, 0.6) is 11.5 Å². The van der Waals surface area contributed by atoms with E-state index in [0.29, 0.717) is 5.75 Å². The van der Waals surface area contributed by atoms with Gasteiger partial charge in [0.1, 0.15) is 17.2 Å². The Morgan fingerprint density at radius 2 is 2.11 bits per heavy atom. The number of fused-ring (bicyclic) bond motifs is 1. The highest BCUT2D eigenvalue weighted by Crippen LogP contribution is 2.49. The molecule has 0 atom stereocenters. The minimum absolute atomic E-state index is 0.0143. The predicted molar refractivity (Wildman–Crippen MR) is 95.3 cm³/mol. The molecule has 2 aromatic rings. The van der Waals surface area contributed by atoms with Crippen molar-refractivity contribution in [1.29, 1.82) is 0 Å². The van der Waals surface area contributed by atoms with Gasteiger partial charge in [-0.3, -0.25) is 14.9 Å². The van der Waals surface area contributed by atoms with Crippen molar-refractivity contribution in [3.63, 3.8) is 0 Å². The number of ether oxygens (including phenoxy) is 2. The van der Waals surface area contributed by atoms with Crippen LogP contribution >= 0.6 is 11.6 Å². The zero-order chi connectivity index (χ0) is 19.3. The Morgan fingerprint density at radius 1 is 1.37 bits per heavy atom. The predicted octanol–water partition coefficient (Wildman–Crippen LogP) is 3.97. The first-order chi connectivity index (χ1) is 12.8. The normalized spacial score (nSPS) is 16.5. The molecule has 2 aromatic carbocycles. The Balaban J connectivity index is 1.79. The van der Waals surface area contributed by atoms with Crippen LogP contribution in [0, 0.1) is 15.9 Å². The van der Waals surface area contributed by atoms with Crippen LogP contribution in [0.4, 0.5) is 15.8 Å². The maximum atomic E-state index is 13.8. The lowest BCUT2D eigenvalue weighted by molar-refractivity contribution is -0.385. The van der Waals surface area contributed by atoms with Gasteiger partial charge in [-0.1, -0.05) is 11.6 Å². The highest BCUT2D eigenvalue weighted by molar-refractivity contribution is 6.33. The molecular formula is C18H14ClFN2O5. The molecule has 1 fully saturated rings. The molecule has 1 heterocycles. The Bertz CT molecular complexity index is 976. The van der Waals surface area contributed by atoms with Crippen molar-refractivity contribution in [2.45, 2.75) is 18.4 Å². The minimum atomic E-state index is -0.670. The van der Waals surface area contributed by atoms with Crippen LogP contribution in [0.15, 0.2) is 30.3 Å². The van der Waals surface area contributed by atoms with E-state index in [0.717, 1.165) is 18.9 Å². The Morgan fingerprint density at radius 3 is 2.74 bits per heavy atom. The molecule has 27 heavy (non-hydrogen) atoms. The summed E-state index contributed by atoms with van der Waals surface area (Å²) < 4.78 is 24.6.